The Morgan fingerprint density at radius 1 is 1.45 bits per heavy atom. The molecule has 1 fully saturated rings. The summed E-state index contributed by atoms with van der Waals surface area (Å²) in [6, 6.07) is 5.86. The molecule has 0 spiro atoms. The average Bonchev–Trinajstić information content (AvgIpc) is 3.18. The number of ether oxygens (including phenoxy) is 1. The number of halogens is 1. The fraction of sp³-hybridized carbons (Fsp3) is 0.467. The molecule has 1 saturated heterocycles. The number of hydrogen-bond acceptors (Lipinski definition) is 5. The second-order valence-electron chi connectivity index (χ2n) is 5.47. The van der Waals surface area contributed by atoms with Gasteiger partial charge in [-0.3, -0.25) is 4.90 Å². The van der Waals surface area contributed by atoms with Crippen LogP contribution in [0.15, 0.2) is 30.9 Å². The summed E-state index contributed by atoms with van der Waals surface area (Å²) in [6.07, 6.45) is 4.16. The first-order valence-corrected chi connectivity index (χ1v) is 7.60. The Bertz CT molecular complexity index is 620. The molecular formula is C15H19ClN4O2. The van der Waals surface area contributed by atoms with Crippen molar-refractivity contribution in [2.75, 3.05) is 20.3 Å². The SMILES string of the molecule is CO[C@@H]1C[C@@H](CO)N(Cc2ccc(Cl)cc2-n2cncn2)C1. The molecule has 0 radical (unpaired) electrons. The van der Waals surface area contributed by atoms with Crippen LogP contribution in [0.1, 0.15) is 12.0 Å². The van der Waals surface area contributed by atoms with Gasteiger partial charge in [-0.05, 0) is 24.1 Å². The van der Waals surface area contributed by atoms with Crippen LogP contribution >= 0.6 is 11.6 Å². The quantitative estimate of drug-likeness (QED) is 0.904. The maximum Gasteiger partial charge on any atom is 0.138 e. The summed E-state index contributed by atoms with van der Waals surface area (Å²) in [5, 5.41) is 14.4. The number of nitrogens with zero attached hydrogens (tertiary/aromatic N) is 4. The van der Waals surface area contributed by atoms with Gasteiger partial charge in [0.2, 0.25) is 0 Å². The van der Waals surface area contributed by atoms with Crippen molar-refractivity contribution in [1.82, 2.24) is 19.7 Å². The summed E-state index contributed by atoms with van der Waals surface area (Å²) in [6.45, 7) is 1.64. The minimum Gasteiger partial charge on any atom is -0.395 e. The van der Waals surface area contributed by atoms with E-state index < -0.39 is 0 Å². The van der Waals surface area contributed by atoms with Crippen LogP contribution in [0.2, 0.25) is 5.02 Å². The number of rotatable bonds is 5. The first kappa shape index (κ1) is 15.4. The zero-order valence-corrected chi connectivity index (χ0v) is 13.1. The minimum absolute atomic E-state index is 0.115. The summed E-state index contributed by atoms with van der Waals surface area (Å²) in [7, 11) is 1.71. The minimum atomic E-state index is 0.115. The Kier molecular flexibility index (Phi) is 4.73. The highest BCUT2D eigenvalue weighted by molar-refractivity contribution is 6.30. The lowest BCUT2D eigenvalue weighted by Crippen LogP contribution is -2.32. The Hall–Kier alpha value is -1.47. The molecule has 2 aromatic rings. The molecule has 6 nitrogen and oxygen atoms in total. The van der Waals surface area contributed by atoms with Gasteiger partial charge in [0.05, 0.1) is 18.4 Å². The number of aliphatic hydroxyl groups excluding tert-OH is 1. The number of aliphatic hydroxyl groups is 1. The van der Waals surface area contributed by atoms with Crippen molar-refractivity contribution >= 4 is 11.6 Å². The Morgan fingerprint density at radius 3 is 3.00 bits per heavy atom. The van der Waals surface area contributed by atoms with E-state index in [0.29, 0.717) is 11.6 Å². The number of methoxy groups -OCH3 is 1. The Morgan fingerprint density at radius 2 is 2.32 bits per heavy atom. The second kappa shape index (κ2) is 6.75. The smallest absolute Gasteiger partial charge is 0.138 e. The van der Waals surface area contributed by atoms with Gasteiger partial charge in [0.25, 0.3) is 0 Å². The molecule has 0 amide bonds. The highest BCUT2D eigenvalue weighted by Crippen LogP contribution is 2.26. The van der Waals surface area contributed by atoms with Gasteiger partial charge in [0.1, 0.15) is 12.7 Å². The topological polar surface area (TPSA) is 63.4 Å². The molecule has 2 heterocycles. The summed E-state index contributed by atoms with van der Waals surface area (Å²) in [4.78, 5) is 6.23. The van der Waals surface area contributed by atoms with E-state index in [1.165, 1.54) is 6.33 Å². The van der Waals surface area contributed by atoms with Crippen molar-refractivity contribution in [3.8, 4) is 5.69 Å². The average molecular weight is 323 g/mol. The normalized spacial score (nSPS) is 22.3. The van der Waals surface area contributed by atoms with Gasteiger partial charge in [-0.1, -0.05) is 17.7 Å². The van der Waals surface area contributed by atoms with Crippen molar-refractivity contribution in [1.29, 1.82) is 0 Å². The highest BCUT2D eigenvalue weighted by Gasteiger charge is 2.31. The third-order valence-corrected chi connectivity index (χ3v) is 4.36. The van der Waals surface area contributed by atoms with E-state index in [-0.39, 0.29) is 18.8 Å². The van der Waals surface area contributed by atoms with E-state index in [1.54, 1.807) is 18.1 Å². The zero-order valence-electron chi connectivity index (χ0n) is 12.4. The lowest BCUT2D eigenvalue weighted by atomic mass is 10.1. The van der Waals surface area contributed by atoms with Crippen molar-refractivity contribution in [3.05, 3.63) is 41.4 Å². The Balaban J connectivity index is 1.86. The molecule has 7 heteroatoms. The third kappa shape index (κ3) is 3.15. The van der Waals surface area contributed by atoms with Gasteiger partial charge in [0.15, 0.2) is 0 Å². The number of benzene rings is 1. The molecular weight excluding hydrogens is 304 g/mol. The van der Waals surface area contributed by atoms with Gasteiger partial charge in [-0.2, -0.15) is 5.10 Å². The molecule has 118 valence electrons. The standard InChI is InChI=1S/C15H19ClN4O2/c1-22-14-5-13(8-21)19(7-14)6-11-2-3-12(16)4-15(11)20-10-17-9-18-20/h2-4,9-10,13-14,21H,5-8H2,1H3/t13-,14+/m0/s1. The summed E-state index contributed by atoms with van der Waals surface area (Å²) < 4.78 is 7.14. The molecule has 0 unspecified atom stereocenters. The van der Waals surface area contributed by atoms with Crippen LogP contribution in [-0.4, -0.2) is 57.2 Å². The molecule has 3 rings (SSSR count). The van der Waals surface area contributed by atoms with E-state index in [2.05, 4.69) is 15.0 Å². The van der Waals surface area contributed by atoms with Crippen LogP contribution in [0.25, 0.3) is 5.69 Å². The van der Waals surface area contributed by atoms with E-state index in [1.807, 2.05) is 18.2 Å². The van der Waals surface area contributed by atoms with Crippen molar-refractivity contribution < 1.29 is 9.84 Å². The van der Waals surface area contributed by atoms with E-state index >= 15 is 0 Å². The van der Waals surface area contributed by atoms with E-state index in [0.717, 1.165) is 24.2 Å². The molecule has 1 aromatic carbocycles. The summed E-state index contributed by atoms with van der Waals surface area (Å²) >= 11 is 6.12. The lowest BCUT2D eigenvalue weighted by Gasteiger charge is -2.23. The van der Waals surface area contributed by atoms with E-state index in [4.69, 9.17) is 16.3 Å². The molecule has 1 aromatic heterocycles. The van der Waals surface area contributed by atoms with Gasteiger partial charge in [0, 0.05) is 31.3 Å². The largest absolute Gasteiger partial charge is 0.395 e. The van der Waals surface area contributed by atoms with Gasteiger partial charge in [-0.15, -0.1) is 0 Å². The molecule has 0 saturated carbocycles. The van der Waals surface area contributed by atoms with Crippen LogP contribution in [0, 0.1) is 0 Å². The monoisotopic (exact) mass is 322 g/mol. The van der Waals surface area contributed by atoms with Crippen LogP contribution in [-0.2, 0) is 11.3 Å². The fourth-order valence-corrected chi connectivity index (χ4v) is 3.09. The molecule has 0 aliphatic carbocycles. The zero-order chi connectivity index (χ0) is 15.5. The van der Waals surface area contributed by atoms with Crippen molar-refractivity contribution in [2.24, 2.45) is 0 Å². The van der Waals surface area contributed by atoms with Gasteiger partial charge >= 0.3 is 0 Å². The van der Waals surface area contributed by atoms with Gasteiger partial charge < -0.3 is 9.84 Å². The van der Waals surface area contributed by atoms with Crippen LogP contribution in [0.5, 0.6) is 0 Å². The molecule has 1 aliphatic rings. The van der Waals surface area contributed by atoms with Crippen LogP contribution in [0.3, 0.4) is 0 Å². The molecule has 2 atom stereocenters. The molecule has 0 bridgehead atoms. The van der Waals surface area contributed by atoms with Crippen molar-refractivity contribution in [2.45, 2.75) is 25.1 Å². The predicted octanol–water partition coefficient (Wildman–Crippen LogP) is 1.50. The number of hydrogen-bond donors (Lipinski definition) is 1. The van der Waals surface area contributed by atoms with Crippen LogP contribution in [0.4, 0.5) is 0 Å². The maximum absolute atomic E-state index is 9.58. The first-order valence-electron chi connectivity index (χ1n) is 7.22. The summed E-state index contributed by atoms with van der Waals surface area (Å²) in [5.74, 6) is 0. The second-order valence-corrected chi connectivity index (χ2v) is 5.91. The van der Waals surface area contributed by atoms with Gasteiger partial charge in [-0.25, -0.2) is 9.67 Å². The maximum atomic E-state index is 9.58. The molecule has 1 aliphatic heterocycles. The van der Waals surface area contributed by atoms with Crippen molar-refractivity contribution in [3.63, 3.8) is 0 Å². The Labute approximate surface area is 134 Å². The lowest BCUT2D eigenvalue weighted by molar-refractivity contribution is 0.107. The first-order chi connectivity index (χ1) is 10.7. The van der Waals surface area contributed by atoms with Crippen LogP contribution < -0.4 is 0 Å². The summed E-state index contributed by atoms with van der Waals surface area (Å²) in [5.41, 5.74) is 1.99. The highest BCUT2D eigenvalue weighted by atomic mass is 35.5. The predicted molar refractivity (Wildman–Crippen MR) is 83.1 cm³/mol. The third-order valence-electron chi connectivity index (χ3n) is 4.12. The number of likely N-dealkylation sites (tertiary alicyclic amines) is 1. The fourth-order valence-electron chi connectivity index (χ4n) is 2.93. The number of aromatic nitrogens is 3. The molecule has 1 N–H and O–H groups in total. The van der Waals surface area contributed by atoms with E-state index in [9.17, 15) is 5.11 Å². The molecule has 22 heavy (non-hydrogen) atoms.